The molecule has 0 aromatic carbocycles. The number of carbonyl (C=O) groups excluding carboxylic acids is 3. The van der Waals surface area contributed by atoms with Gasteiger partial charge in [-0.2, -0.15) is 0 Å². The van der Waals surface area contributed by atoms with E-state index in [1.807, 2.05) is 18.2 Å². The van der Waals surface area contributed by atoms with E-state index in [0.717, 1.165) is 96.3 Å². The van der Waals surface area contributed by atoms with Crippen LogP contribution in [0.25, 0.3) is 0 Å². The summed E-state index contributed by atoms with van der Waals surface area (Å²) in [5.74, 6) is -0.906. The van der Waals surface area contributed by atoms with E-state index in [4.69, 9.17) is 14.2 Å². The molecule has 0 spiro atoms. The van der Waals surface area contributed by atoms with Crippen LogP contribution in [0.1, 0.15) is 278 Å². The molecular weight excluding hydrogens is 829 g/mol. The lowest BCUT2D eigenvalue weighted by Gasteiger charge is -2.18. The molecule has 0 heterocycles. The fourth-order valence-corrected chi connectivity index (χ4v) is 8.01. The van der Waals surface area contributed by atoms with E-state index in [-0.39, 0.29) is 31.1 Å². The van der Waals surface area contributed by atoms with Gasteiger partial charge < -0.3 is 14.2 Å². The van der Waals surface area contributed by atoms with Gasteiger partial charge in [-0.3, -0.25) is 14.4 Å². The molecule has 0 saturated heterocycles. The van der Waals surface area contributed by atoms with Gasteiger partial charge in [-0.05, 0) is 70.6 Å². The van der Waals surface area contributed by atoms with Gasteiger partial charge in [0.05, 0.1) is 0 Å². The second-order valence-electron chi connectivity index (χ2n) is 18.9. The zero-order valence-electron chi connectivity index (χ0n) is 44.2. The predicted molar refractivity (Wildman–Crippen MR) is 288 cm³/mol. The van der Waals surface area contributed by atoms with Crippen LogP contribution in [0.15, 0.2) is 72.9 Å². The van der Waals surface area contributed by atoms with Crippen molar-refractivity contribution in [2.45, 2.75) is 284 Å². The van der Waals surface area contributed by atoms with Crippen LogP contribution in [0.4, 0.5) is 0 Å². The molecular formula is C61H106O6. The van der Waals surface area contributed by atoms with Crippen molar-refractivity contribution in [3.8, 4) is 0 Å². The average Bonchev–Trinajstić information content (AvgIpc) is 3.33. The van der Waals surface area contributed by atoms with Gasteiger partial charge in [-0.15, -0.1) is 0 Å². The number of esters is 3. The van der Waals surface area contributed by atoms with Crippen molar-refractivity contribution in [1.29, 1.82) is 0 Å². The van der Waals surface area contributed by atoms with Gasteiger partial charge in [0, 0.05) is 19.3 Å². The van der Waals surface area contributed by atoms with Gasteiger partial charge in [0.15, 0.2) is 6.10 Å². The second kappa shape index (κ2) is 55.4. The summed E-state index contributed by atoms with van der Waals surface area (Å²) >= 11 is 0. The number of allylic oxidation sites excluding steroid dienone is 12. The smallest absolute Gasteiger partial charge is 0.306 e. The van der Waals surface area contributed by atoms with Gasteiger partial charge in [-0.1, -0.05) is 261 Å². The number of rotatable bonds is 51. The first kappa shape index (κ1) is 63.8. The van der Waals surface area contributed by atoms with E-state index in [9.17, 15) is 14.4 Å². The summed E-state index contributed by atoms with van der Waals surface area (Å²) in [5, 5.41) is 0. The number of carbonyl (C=O) groups is 3. The van der Waals surface area contributed by atoms with Gasteiger partial charge >= 0.3 is 17.9 Å². The third-order valence-corrected chi connectivity index (χ3v) is 12.3. The van der Waals surface area contributed by atoms with E-state index in [0.29, 0.717) is 19.3 Å². The van der Waals surface area contributed by atoms with Crippen LogP contribution in [0.3, 0.4) is 0 Å². The Balaban J connectivity index is 4.41. The first-order valence-corrected chi connectivity index (χ1v) is 28.5. The Hall–Kier alpha value is -3.15. The molecule has 6 nitrogen and oxygen atoms in total. The van der Waals surface area contributed by atoms with E-state index < -0.39 is 6.10 Å². The number of ether oxygens (including phenoxy) is 3. The normalized spacial score (nSPS) is 12.6. The van der Waals surface area contributed by atoms with Crippen molar-refractivity contribution >= 4 is 17.9 Å². The lowest BCUT2D eigenvalue weighted by molar-refractivity contribution is -0.167. The van der Waals surface area contributed by atoms with Crippen LogP contribution in [0.5, 0.6) is 0 Å². The quantitative estimate of drug-likeness (QED) is 0.0199. The molecule has 0 aliphatic heterocycles. The van der Waals surface area contributed by atoms with Gasteiger partial charge in [0.1, 0.15) is 13.2 Å². The maximum Gasteiger partial charge on any atom is 0.306 e. The maximum absolute atomic E-state index is 12.9. The van der Waals surface area contributed by atoms with Crippen molar-refractivity contribution < 1.29 is 28.6 Å². The highest BCUT2D eigenvalue weighted by molar-refractivity contribution is 5.71. The monoisotopic (exact) mass is 935 g/mol. The van der Waals surface area contributed by atoms with Crippen molar-refractivity contribution in [2.24, 2.45) is 0 Å². The Kier molecular flexibility index (Phi) is 52.8. The zero-order valence-corrected chi connectivity index (χ0v) is 44.2. The summed E-state index contributed by atoms with van der Waals surface area (Å²) in [5.41, 5.74) is 0. The summed E-state index contributed by atoms with van der Waals surface area (Å²) < 4.78 is 16.9. The highest BCUT2D eigenvalue weighted by Gasteiger charge is 2.19. The average molecular weight is 936 g/mol. The van der Waals surface area contributed by atoms with Crippen molar-refractivity contribution in [2.75, 3.05) is 13.2 Å². The van der Waals surface area contributed by atoms with Crippen molar-refractivity contribution in [3.63, 3.8) is 0 Å². The van der Waals surface area contributed by atoms with Crippen LogP contribution < -0.4 is 0 Å². The molecule has 0 aromatic heterocycles. The van der Waals surface area contributed by atoms with Crippen LogP contribution >= 0.6 is 0 Å². The molecule has 0 aliphatic rings. The Bertz CT molecular complexity index is 1260. The number of hydrogen-bond acceptors (Lipinski definition) is 6. The molecule has 0 fully saturated rings. The molecule has 0 aliphatic carbocycles. The Morgan fingerprint density at radius 3 is 1.06 bits per heavy atom. The van der Waals surface area contributed by atoms with E-state index >= 15 is 0 Å². The first-order valence-electron chi connectivity index (χ1n) is 28.5. The first-order chi connectivity index (χ1) is 33.0. The molecule has 0 radical (unpaired) electrons. The molecule has 0 N–H and O–H groups in total. The standard InChI is InChI=1S/C61H106O6/c1-4-7-10-13-16-19-22-25-28-30-33-36-39-42-45-48-51-54-60(63)66-57-58(56-65-59(62)53-50-47-44-41-38-35-32-27-24-21-18-15-12-9-6-3)67-61(64)55-52-49-46-43-40-37-34-31-29-26-23-20-17-14-11-8-5-2/h9,12,15-16,18-19,21,24-25,27-28,32,58H,4-8,10-11,13-14,17,20,22-23,26,29-31,33-57H2,1-3H3/b12-9-,18-15-,19-16-,24-21-,28-25-,32-27-. The molecule has 1 unspecified atom stereocenters. The molecule has 67 heavy (non-hydrogen) atoms. The maximum atomic E-state index is 12.9. The summed E-state index contributed by atoms with van der Waals surface area (Å²) in [6.45, 7) is 6.48. The summed E-state index contributed by atoms with van der Waals surface area (Å²) in [4.78, 5) is 38.1. The third-order valence-electron chi connectivity index (χ3n) is 12.3. The molecule has 0 bridgehead atoms. The highest BCUT2D eigenvalue weighted by atomic mass is 16.6. The zero-order chi connectivity index (χ0) is 48.6. The van der Waals surface area contributed by atoms with Gasteiger partial charge in [-0.25, -0.2) is 0 Å². The van der Waals surface area contributed by atoms with E-state index in [2.05, 4.69) is 75.5 Å². The minimum absolute atomic E-state index is 0.0855. The number of unbranched alkanes of at least 4 members (excludes halogenated alkanes) is 31. The summed E-state index contributed by atoms with van der Waals surface area (Å²) in [7, 11) is 0. The molecule has 0 amide bonds. The predicted octanol–water partition coefficient (Wildman–Crippen LogP) is 19.0. The van der Waals surface area contributed by atoms with Crippen molar-refractivity contribution in [1.82, 2.24) is 0 Å². The third kappa shape index (κ3) is 53.7. The Morgan fingerprint density at radius 1 is 0.328 bits per heavy atom. The molecule has 386 valence electrons. The van der Waals surface area contributed by atoms with Crippen LogP contribution in [-0.2, 0) is 28.6 Å². The molecule has 6 heteroatoms. The largest absolute Gasteiger partial charge is 0.462 e. The van der Waals surface area contributed by atoms with Crippen LogP contribution in [0, 0.1) is 0 Å². The minimum atomic E-state index is -0.787. The van der Waals surface area contributed by atoms with Gasteiger partial charge in [0.2, 0.25) is 0 Å². The molecule has 0 rings (SSSR count). The Labute approximate surface area is 414 Å². The lowest BCUT2D eigenvalue weighted by atomic mass is 10.0. The second-order valence-corrected chi connectivity index (χ2v) is 18.9. The molecule has 0 saturated carbocycles. The van der Waals surface area contributed by atoms with E-state index in [1.54, 1.807) is 0 Å². The number of hydrogen-bond donors (Lipinski definition) is 0. The SMILES string of the molecule is CC\C=C/C=C\C=C/C=C\CCCCCCCC(=O)OCC(COC(=O)CCCCCCCCC/C=C\C/C=C\CCCCC)OC(=O)CCCCCCCCCCCCCCCCCCC. The minimum Gasteiger partial charge on any atom is -0.462 e. The summed E-state index contributed by atoms with van der Waals surface area (Å²) in [6.07, 6.45) is 70.3. The van der Waals surface area contributed by atoms with Crippen molar-refractivity contribution in [3.05, 3.63) is 72.9 Å². The van der Waals surface area contributed by atoms with Crippen LogP contribution in [0.2, 0.25) is 0 Å². The van der Waals surface area contributed by atoms with Gasteiger partial charge in [0.25, 0.3) is 0 Å². The molecule has 0 aromatic rings. The topological polar surface area (TPSA) is 78.9 Å². The highest BCUT2D eigenvalue weighted by Crippen LogP contribution is 2.16. The summed E-state index contributed by atoms with van der Waals surface area (Å²) in [6, 6.07) is 0. The fourth-order valence-electron chi connectivity index (χ4n) is 8.01. The fraction of sp³-hybridized carbons (Fsp3) is 0.754. The van der Waals surface area contributed by atoms with Crippen LogP contribution in [-0.4, -0.2) is 37.2 Å². The van der Waals surface area contributed by atoms with E-state index in [1.165, 1.54) is 141 Å². The molecule has 1 atom stereocenters. The lowest BCUT2D eigenvalue weighted by Crippen LogP contribution is -2.30. The Morgan fingerprint density at radius 2 is 0.642 bits per heavy atom.